The minimum absolute atomic E-state index is 0.249. The molecule has 116 valence electrons. The molecule has 0 aliphatic heterocycles. The van der Waals surface area contributed by atoms with Gasteiger partial charge in [-0.25, -0.2) is 13.1 Å². The summed E-state index contributed by atoms with van der Waals surface area (Å²) in [5.74, 6) is 0. The lowest BCUT2D eigenvalue weighted by Gasteiger charge is -2.30. The van der Waals surface area contributed by atoms with E-state index in [1.54, 1.807) is 12.1 Å². The lowest BCUT2D eigenvalue weighted by atomic mass is 9.89. The zero-order valence-electron chi connectivity index (χ0n) is 12.1. The van der Waals surface area contributed by atoms with Gasteiger partial charge in [-0.1, -0.05) is 54.8 Å². The zero-order chi connectivity index (χ0) is 15.6. The van der Waals surface area contributed by atoms with Crippen LogP contribution in [0.3, 0.4) is 0 Å². The summed E-state index contributed by atoms with van der Waals surface area (Å²) in [5.41, 5.74) is 0.532. The Balaban J connectivity index is 1.96. The molecule has 2 aromatic rings. The SMILES string of the molecule is O=S(=O)(NC1(c2ccccc2)CCCC1)c1ccc(Cl)cc1. The predicted molar refractivity (Wildman–Crippen MR) is 88.4 cm³/mol. The van der Waals surface area contributed by atoms with Crippen molar-refractivity contribution >= 4 is 21.6 Å². The Hall–Kier alpha value is -1.36. The number of sulfonamides is 1. The topological polar surface area (TPSA) is 46.2 Å². The van der Waals surface area contributed by atoms with Gasteiger partial charge in [-0.05, 0) is 42.7 Å². The van der Waals surface area contributed by atoms with E-state index in [0.29, 0.717) is 5.02 Å². The van der Waals surface area contributed by atoms with E-state index in [1.807, 2.05) is 30.3 Å². The molecule has 0 radical (unpaired) electrons. The maximum absolute atomic E-state index is 12.7. The summed E-state index contributed by atoms with van der Waals surface area (Å²) < 4.78 is 28.4. The minimum Gasteiger partial charge on any atom is -0.207 e. The summed E-state index contributed by atoms with van der Waals surface area (Å²) >= 11 is 5.84. The minimum atomic E-state index is -3.58. The van der Waals surface area contributed by atoms with Gasteiger partial charge in [0, 0.05) is 5.02 Å². The van der Waals surface area contributed by atoms with Gasteiger partial charge in [0.1, 0.15) is 0 Å². The van der Waals surface area contributed by atoms with Gasteiger partial charge in [-0.2, -0.15) is 0 Å². The molecular formula is C17H18ClNO2S. The molecule has 5 heteroatoms. The number of hydrogen-bond acceptors (Lipinski definition) is 2. The van der Waals surface area contributed by atoms with Crippen molar-refractivity contribution in [2.45, 2.75) is 36.1 Å². The number of halogens is 1. The quantitative estimate of drug-likeness (QED) is 0.914. The Morgan fingerprint density at radius 3 is 2.09 bits per heavy atom. The summed E-state index contributed by atoms with van der Waals surface area (Å²) in [6.45, 7) is 0. The fourth-order valence-corrected chi connectivity index (χ4v) is 4.69. The van der Waals surface area contributed by atoms with E-state index in [0.717, 1.165) is 31.2 Å². The molecule has 0 aromatic heterocycles. The first-order valence-corrected chi connectivity index (χ1v) is 9.23. The molecule has 0 bridgehead atoms. The molecule has 1 aliphatic carbocycles. The molecule has 1 aliphatic rings. The fourth-order valence-electron chi connectivity index (χ4n) is 3.12. The van der Waals surface area contributed by atoms with Gasteiger partial charge < -0.3 is 0 Å². The van der Waals surface area contributed by atoms with Crippen molar-refractivity contribution in [1.82, 2.24) is 4.72 Å². The van der Waals surface area contributed by atoms with Crippen LogP contribution < -0.4 is 4.72 Å². The van der Waals surface area contributed by atoms with E-state index in [2.05, 4.69) is 4.72 Å². The van der Waals surface area contributed by atoms with Gasteiger partial charge in [0.25, 0.3) is 0 Å². The average molecular weight is 336 g/mol. The van der Waals surface area contributed by atoms with Crippen LogP contribution in [-0.4, -0.2) is 8.42 Å². The van der Waals surface area contributed by atoms with Crippen molar-refractivity contribution in [3.63, 3.8) is 0 Å². The number of hydrogen-bond donors (Lipinski definition) is 1. The van der Waals surface area contributed by atoms with E-state index < -0.39 is 15.6 Å². The maximum Gasteiger partial charge on any atom is 0.241 e. The summed E-state index contributed by atoms with van der Waals surface area (Å²) in [4.78, 5) is 0.249. The third kappa shape index (κ3) is 3.05. The molecule has 0 unspecified atom stereocenters. The number of rotatable bonds is 4. The molecule has 0 amide bonds. The Morgan fingerprint density at radius 1 is 0.909 bits per heavy atom. The van der Waals surface area contributed by atoms with Gasteiger partial charge in [0.05, 0.1) is 10.4 Å². The molecule has 1 saturated carbocycles. The van der Waals surface area contributed by atoms with Crippen LogP contribution in [-0.2, 0) is 15.6 Å². The molecule has 0 spiro atoms. The summed E-state index contributed by atoms with van der Waals surface area (Å²) in [6.07, 6.45) is 3.70. The molecule has 0 saturated heterocycles. The average Bonchev–Trinajstić information content (AvgIpc) is 2.98. The van der Waals surface area contributed by atoms with Crippen molar-refractivity contribution in [2.24, 2.45) is 0 Å². The molecule has 1 fully saturated rings. The Labute approximate surface area is 136 Å². The maximum atomic E-state index is 12.7. The Morgan fingerprint density at radius 2 is 1.50 bits per heavy atom. The van der Waals surface area contributed by atoms with Crippen molar-refractivity contribution in [3.8, 4) is 0 Å². The lowest BCUT2D eigenvalue weighted by Crippen LogP contribution is -2.43. The van der Waals surface area contributed by atoms with Crippen LogP contribution in [0.4, 0.5) is 0 Å². The van der Waals surface area contributed by atoms with E-state index in [-0.39, 0.29) is 4.90 Å². The summed E-state index contributed by atoms with van der Waals surface area (Å²) in [7, 11) is -3.58. The van der Waals surface area contributed by atoms with Crippen LogP contribution in [0.1, 0.15) is 31.2 Å². The Kier molecular flexibility index (Phi) is 4.26. The van der Waals surface area contributed by atoms with Crippen LogP contribution in [0.2, 0.25) is 5.02 Å². The van der Waals surface area contributed by atoms with Crippen molar-refractivity contribution in [1.29, 1.82) is 0 Å². The smallest absolute Gasteiger partial charge is 0.207 e. The van der Waals surface area contributed by atoms with Gasteiger partial charge in [-0.3, -0.25) is 0 Å². The lowest BCUT2D eigenvalue weighted by molar-refractivity contribution is 0.404. The van der Waals surface area contributed by atoms with Crippen LogP contribution in [0.5, 0.6) is 0 Å². The fraction of sp³-hybridized carbons (Fsp3) is 0.294. The second-order valence-electron chi connectivity index (χ2n) is 5.71. The van der Waals surface area contributed by atoms with Crippen LogP contribution in [0.25, 0.3) is 0 Å². The molecule has 2 aromatic carbocycles. The van der Waals surface area contributed by atoms with E-state index in [9.17, 15) is 8.42 Å². The van der Waals surface area contributed by atoms with E-state index in [4.69, 9.17) is 11.6 Å². The second kappa shape index (κ2) is 6.03. The molecule has 1 N–H and O–H groups in total. The van der Waals surface area contributed by atoms with Crippen LogP contribution in [0.15, 0.2) is 59.5 Å². The van der Waals surface area contributed by atoms with Crippen LogP contribution >= 0.6 is 11.6 Å². The first-order chi connectivity index (χ1) is 10.5. The molecule has 0 atom stereocenters. The monoisotopic (exact) mass is 335 g/mol. The second-order valence-corrected chi connectivity index (χ2v) is 7.83. The highest BCUT2D eigenvalue weighted by molar-refractivity contribution is 7.89. The third-order valence-electron chi connectivity index (χ3n) is 4.24. The van der Waals surface area contributed by atoms with E-state index in [1.165, 1.54) is 12.1 Å². The number of benzene rings is 2. The van der Waals surface area contributed by atoms with Gasteiger partial charge in [-0.15, -0.1) is 0 Å². The van der Waals surface area contributed by atoms with Crippen LogP contribution in [0, 0.1) is 0 Å². The van der Waals surface area contributed by atoms with Gasteiger partial charge in [0.2, 0.25) is 10.0 Å². The first-order valence-electron chi connectivity index (χ1n) is 7.37. The van der Waals surface area contributed by atoms with Crippen molar-refractivity contribution in [3.05, 3.63) is 65.2 Å². The zero-order valence-corrected chi connectivity index (χ0v) is 13.7. The molecule has 22 heavy (non-hydrogen) atoms. The summed E-state index contributed by atoms with van der Waals surface area (Å²) in [5, 5.41) is 0.526. The third-order valence-corrected chi connectivity index (χ3v) is 6.04. The molecule has 3 nitrogen and oxygen atoms in total. The highest BCUT2D eigenvalue weighted by Gasteiger charge is 2.39. The standard InChI is InChI=1S/C17H18ClNO2S/c18-15-8-10-16(11-9-15)22(20,21)19-17(12-4-5-13-17)14-6-2-1-3-7-14/h1-3,6-11,19H,4-5,12-13H2. The van der Waals surface area contributed by atoms with Gasteiger partial charge >= 0.3 is 0 Å². The molecular weight excluding hydrogens is 318 g/mol. The first kappa shape index (κ1) is 15.5. The van der Waals surface area contributed by atoms with E-state index >= 15 is 0 Å². The largest absolute Gasteiger partial charge is 0.241 e. The predicted octanol–water partition coefficient (Wildman–Crippen LogP) is 4.09. The summed E-state index contributed by atoms with van der Waals surface area (Å²) in [6, 6.07) is 16.1. The van der Waals surface area contributed by atoms with Crippen molar-refractivity contribution < 1.29 is 8.42 Å². The van der Waals surface area contributed by atoms with Crippen molar-refractivity contribution in [2.75, 3.05) is 0 Å². The highest BCUT2D eigenvalue weighted by atomic mass is 35.5. The normalized spacial score (nSPS) is 17.5. The highest BCUT2D eigenvalue weighted by Crippen LogP contribution is 2.39. The molecule has 0 heterocycles. The molecule has 3 rings (SSSR count). The van der Waals surface area contributed by atoms with Gasteiger partial charge in [0.15, 0.2) is 0 Å². The Bertz CT molecular complexity index is 736. The number of nitrogens with one attached hydrogen (secondary N) is 1.